The molecule has 0 saturated carbocycles. The lowest BCUT2D eigenvalue weighted by Gasteiger charge is -2.06. The lowest BCUT2D eigenvalue weighted by molar-refractivity contribution is 0.104. The van der Waals surface area contributed by atoms with E-state index in [2.05, 4.69) is 20.3 Å². The highest BCUT2D eigenvalue weighted by Crippen LogP contribution is 2.24. The van der Waals surface area contributed by atoms with E-state index in [0.29, 0.717) is 27.6 Å². The van der Waals surface area contributed by atoms with Gasteiger partial charge in [0.25, 0.3) is 0 Å². The molecule has 2 N–H and O–H groups in total. The van der Waals surface area contributed by atoms with Crippen LogP contribution in [0, 0.1) is 0 Å². The molecule has 1 aromatic carbocycles. The van der Waals surface area contributed by atoms with Crippen LogP contribution in [0.25, 0.3) is 11.0 Å². The third-order valence-electron chi connectivity index (χ3n) is 3.80. The van der Waals surface area contributed by atoms with Crippen LogP contribution in [0.3, 0.4) is 0 Å². The number of benzene rings is 1. The average molecular weight is 349 g/mol. The van der Waals surface area contributed by atoms with E-state index in [1.54, 1.807) is 30.7 Å². The highest BCUT2D eigenvalue weighted by molar-refractivity contribution is 6.30. The van der Waals surface area contributed by atoms with E-state index in [-0.39, 0.29) is 5.78 Å². The third-order valence-corrected chi connectivity index (χ3v) is 4.04. The Morgan fingerprint density at radius 3 is 2.84 bits per heavy atom. The molecule has 0 saturated heterocycles. The molecular formula is C19H13ClN4O. The van der Waals surface area contributed by atoms with Gasteiger partial charge in [-0.2, -0.15) is 0 Å². The molecule has 3 heterocycles. The summed E-state index contributed by atoms with van der Waals surface area (Å²) in [6, 6.07) is 14.6. The SMILES string of the molecule is O=C(c1cccnc1)c1c[nH]c2nc(Nc3cccc(Cl)c3)ccc12. The van der Waals surface area contributed by atoms with Crippen molar-refractivity contribution in [3.05, 3.63) is 83.3 Å². The van der Waals surface area contributed by atoms with E-state index >= 15 is 0 Å². The van der Waals surface area contributed by atoms with Crippen molar-refractivity contribution in [3.63, 3.8) is 0 Å². The number of H-pyrrole nitrogens is 1. The molecule has 0 fully saturated rings. The Bertz CT molecular complexity index is 1060. The molecule has 4 aromatic rings. The van der Waals surface area contributed by atoms with Gasteiger partial charge in [-0.05, 0) is 42.5 Å². The lowest BCUT2D eigenvalue weighted by Crippen LogP contribution is -2.00. The first-order chi connectivity index (χ1) is 12.2. The van der Waals surface area contributed by atoms with Gasteiger partial charge in [0, 0.05) is 45.8 Å². The number of ketones is 1. The Kier molecular flexibility index (Phi) is 3.91. The van der Waals surface area contributed by atoms with Crippen molar-refractivity contribution in [2.24, 2.45) is 0 Å². The molecule has 0 aliphatic heterocycles. The molecule has 3 aromatic heterocycles. The second-order valence-corrected chi connectivity index (χ2v) is 5.94. The summed E-state index contributed by atoms with van der Waals surface area (Å²) in [7, 11) is 0. The molecular weight excluding hydrogens is 336 g/mol. The van der Waals surface area contributed by atoms with Gasteiger partial charge in [0.05, 0.1) is 0 Å². The van der Waals surface area contributed by atoms with Crippen LogP contribution in [0.4, 0.5) is 11.5 Å². The van der Waals surface area contributed by atoms with E-state index in [1.165, 1.54) is 0 Å². The van der Waals surface area contributed by atoms with Gasteiger partial charge in [0.2, 0.25) is 0 Å². The number of rotatable bonds is 4. The minimum atomic E-state index is -0.0864. The molecule has 4 rings (SSSR count). The van der Waals surface area contributed by atoms with Gasteiger partial charge >= 0.3 is 0 Å². The first-order valence-electron chi connectivity index (χ1n) is 7.66. The van der Waals surface area contributed by atoms with Crippen molar-refractivity contribution in [1.82, 2.24) is 15.0 Å². The Morgan fingerprint density at radius 1 is 1.12 bits per heavy atom. The Balaban J connectivity index is 1.66. The van der Waals surface area contributed by atoms with Crippen LogP contribution in [0.15, 0.2) is 67.1 Å². The van der Waals surface area contributed by atoms with Gasteiger partial charge in [-0.1, -0.05) is 17.7 Å². The number of halogens is 1. The molecule has 5 nitrogen and oxygen atoms in total. The summed E-state index contributed by atoms with van der Waals surface area (Å²) < 4.78 is 0. The zero-order chi connectivity index (χ0) is 17.2. The van der Waals surface area contributed by atoms with Crippen LogP contribution in [0.5, 0.6) is 0 Å². The van der Waals surface area contributed by atoms with Gasteiger partial charge in [-0.15, -0.1) is 0 Å². The quantitative estimate of drug-likeness (QED) is 0.529. The van der Waals surface area contributed by atoms with Gasteiger partial charge in [-0.25, -0.2) is 4.98 Å². The largest absolute Gasteiger partial charge is 0.345 e. The van der Waals surface area contributed by atoms with Crippen LogP contribution in [-0.4, -0.2) is 20.7 Å². The number of nitrogens with one attached hydrogen (secondary N) is 2. The maximum atomic E-state index is 12.6. The molecule has 0 unspecified atom stereocenters. The van der Waals surface area contributed by atoms with Gasteiger partial charge in [-0.3, -0.25) is 9.78 Å². The first-order valence-corrected chi connectivity index (χ1v) is 8.04. The first kappa shape index (κ1) is 15.4. The standard InChI is InChI=1S/C19H13ClN4O/c20-13-4-1-5-14(9-13)23-17-7-6-15-16(11-22-19(15)24-17)18(25)12-3-2-8-21-10-12/h1-11H,(H2,22,23,24). The molecule has 0 bridgehead atoms. The van der Waals surface area contributed by atoms with Gasteiger partial charge in [0.15, 0.2) is 5.78 Å². The Morgan fingerprint density at radius 2 is 2.04 bits per heavy atom. The van der Waals surface area contributed by atoms with Crippen LogP contribution in [-0.2, 0) is 0 Å². The molecule has 0 radical (unpaired) electrons. The maximum absolute atomic E-state index is 12.6. The molecule has 6 heteroatoms. The molecule has 0 amide bonds. The van der Waals surface area contributed by atoms with Gasteiger partial charge < -0.3 is 10.3 Å². The average Bonchev–Trinajstić information content (AvgIpc) is 3.05. The van der Waals surface area contributed by atoms with E-state index in [9.17, 15) is 4.79 Å². The highest BCUT2D eigenvalue weighted by atomic mass is 35.5. The van der Waals surface area contributed by atoms with E-state index in [4.69, 9.17) is 11.6 Å². The molecule has 122 valence electrons. The number of hydrogen-bond acceptors (Lipinski definition) is 4. The molecule has 0 atom stereocenters. The van der Waals surface area contributed by atoms with Crippen molar-refractivity contribution < 1.29 is 4.79 Å². The zero-order valence-corrected chi connectivity index (χ0v) is 13.8. The summed E-state index contributed by atoms with van der Waals surface area (Å²) in [5.74, 6) is 0.577. The van der Waals surface area contributed by atoms with Crippen LogP contribution in [0.2, 0.25) is 5.02 Å². The van der Waals surface area contributed by atoms with Crippen LogP contribution < -0.4 is 5.32 Å². The molecule has 25 heavy (non-hydrogen) atoms. The Hall–Kier alpha value is -3.18. The molecule has 0 aliphatic carbocycles. The van der Waals surface area contributed by atoms with Crippen molar-refractivity contribution >= 4 is 39.9 Å². The number of anilines is 2. The molecule has 0 aliphatic rings. The third kappa shape index (κ3) is 3.09. The fourth-order valence-corrected chi connectivity index (χ4v) is 2.82. The number of nitrogens with zero attached hydrogens (tertiary/aromatic N) is 2. The number of aromatic amines is 1. The fraction of sp³-hybridized carbons (Fsp3) is 0. The smallest absolute Gasteiger partial charge is 0.196 e. The number of carbonyl (C=O) groups excluding carboxylic acids is 1. The summed E-state index contributed by atoms with van der Waals surface area (Å²) in [5.41, 5.74) is 2.60. The van der Waals surface area contributed by atoms with Crippen LogP contribution >= 0.6 is 11.6 Å². The second kappa shape index (κ2) is 6.37. The number of carbonyl (C=O) groups is 1. The fourth-order valence-electron chi connectivity index (χ4n) is 2.63. The number of aromatic nitrogens is 3. The summed E-state index contributed by atoms with van der Waals surface area (Å²) in [5, 5.41) is 4.61. The van der Waals surface area contributed by atoms with Crippen molar-refractivity contribution in [1.29, 1.82) is 0 Å². The highest BCUT2D eigenvalue weighted by Gasteiger charge is 2.15. The van der Waals surface area contributed by atoms with E-state index in [1.807, 2.05) is 36.4 Å². The van der Waals surface area contributed by atoms with Crippen LogP contribution in [0.1, 0.15) is 15.9 Å². The monoisotopic (exact) mass is 348 g/mol. The van der Waals surface area contributed by atoms with Crippen molar-refractivity contribution in [2.75, 3.05) is 5.32 Å². The lowest BCUT2D eigenvalue weighted by atomic mass is 10.1. The summed E-state index contributed by atoms with van der Waals surface area (Å²) in [4.78, 5) is 24.2. The minimum Gasteiger partial charge on any atom is -0.345 e. The summed E-state index contributed by atoms with van der Waals surface area (Å²) >= 11 is 5.99. The minimum absolute atomic E-state index is 0.0864. The Labute approximate surface area is 148 Å². The van der Waals surface area contributed by atoms with Crippen molar-refractivity contribution in [3.8, 4) is 0 Å². The predicted molar refractivity (Wildman–Crippen MR) is 98.5 cm³/mol. The van der Waals surface area contributed by atoms with E-state index < -0.39 is 0 Å². The predicted octanol–water partition coefficient (Wildman–Crippen LogP) is 4.59. The summed E-state index contributed by atoms with van der Waals surface area (Å²) in [6.45, 7) is 0. The van der Waals surface area contributed by atoms with Crippen molar-refractivity contribution in [2.45, 2.75) is 0 Å². The van der Waals surface area contributed by atoms with Gasteiger partial charge in [0.1, 0.15) is 11.5 Å². The normalized spacial score (nSPS) is 10.8. The summed E-state index contributed by atoms with van der Waals surface area (Å²) in [6.07, 6.45) is 4.88. The maximum Gasteiger partial charge on any atom is 0.196 e. The molecule has 0 spiro atoms. The number of pyridine rings is 2. The number of hydrogen-bond donors (Lipinski definition) is 2. The van der Waals surface area contributed by atoms with E-state index in [0.717, 1.165) is 11.1 Å². The topological polar surface area (TPSA) is 70.7 Å². The number of fused-ring (bicyclic) bond motifs is 1. The second-order valence-electron chi connectivity index (χ2n) is 5.50. The zero-order valence-electron chi connectivity index (χ0n) is 13.0.